The molecule has 0 fully saturated rings. The van der Waals surface area contributed by atoms with E-state index in [4.69, 9.17) is 14.5 Å². The predicted octanol–water partition coefficient (Wildman–Crippen LogP) is 3.14. The van der Waals surface area contributed by atoms with Crippen LogP contribution in [0.4, 0.5) is 0 Å². The molecule has 34 heavy (non-hydrogen) atoms. The number of carbonyl (C=O) groups excluding carboxylic acids is 2. The summed E-state index contributed by atoms with van der Waals surface area (Å²) in [7, 11) is 5.50. The Morgan fingerprint density at radius 2 is 1.97 bits per heavy atom. The number of aliphatic imine (C=N–C) groups is 1. The van der Waals surface area contributed by atoms with Gasteiger partial charge in [0.25, 0.3) is 0 Å². The van der Waals surface area contributed by atoms with Crippen molar-refractivity contribution < 1.29 is 19.1 Å². The largest absolute Gasteiger partial charge is 0.460 e. The van der Waals surface area contributed by atoms with Gasteiger partial charge in [-0.2, -0.15) is 0 Å². The SMILES string of the molecule is COCCOC(=O)C1=C(C)N=C2SC=C(CC(=O)NCCN(C)C)N2C1c1cc(C)ccc1C. The molecule has 9 heteroatoms. The number of hydrogen-bond acceptors (Lipinski definition) is 8. The number of ether oxygens (including phenoxy) is 2. The number of carbonyl (C=O) groups is 2. The van der Waals surface area contributed by atoms with E-state index in [2.05, 4.69) is 23.5 Å². The van der Waals surface area contributed by atoms with Crippen LogP contribution in [-0.4, -0.2) is 74.4 Å². The second-order valence-electron chi connectivity index (χ2n) is 8.71. The molecule has 1 amide bonds. The van der Waals surface area contributed by atoms with Gasteiger partial charge in [0, 0.05) is 25.9 Å². The molecule has 0 spiro atoms. The summed E-state index contributed by atoms with van der Waals surface area (Å²) in [5.74, 6) is -0.486. The molecule has 3 rings (SSSR count). The third kappa shape index (κ3) is 6.08. The fourth-order valence-corrected chi connectivity index (χ4v) is 4.89. The Hall–Kier alpha value is -2.62. The minimum Gasteiger partial charge on any atom is -0.460 e. The van der Waals surface area contributed by atoms with Crippen molar-refractivity contribution in [3.63, 3.8) is 0 Å². The summed E-state index contributed by atoms with van der Waals surface area (Å²) in [5.41, 5.74) is 5.05. The molecular weight excluding hydrogens is 452 g/mol. The molecule has 2 aliphatic rings. The zero-order chi connectivity index (χ0) is 24.8. The first-order chi connectivity index (χ1) is 16.2. The van der Waals surface area contributed by atoms with Gasteiger partial charge in [-0.1, -0.05) is 35.5 Å². The topological polar surface area (TPSA) is 83.5 Å². The Morgan fingerprint density at radius 1 is 1.21 bits per heavy atom. The van der Waals surface area contributed by atoms with Gasteiger partial charge in [0.2, 0.25) is 5.91 Å². The van der Waals surface area contributed by atoms with Crippen molar-refractivity contribution in [2.45, 2.75) is 33.2 Å². The summed E-state index contributed by atoms with van der Waals surface area (Å²) in [4.78, 5) is 34.7. The first-order valence-corrected chi connectivity index (χ1v) is 12.2. The Labute approximate surface area is 206 Å². The van der Waals surface area contributed by atoms with Crippen LogP contribution in [-0.2, 0) is 19.1 Å². The van der Waals surface area contributed by atoms with Crippen molar-refractivity contribution in [3.05, 3.63) is 57.3 Å². The molecule has 0 aromatic heterocycles. The Balaban J connectivity index is 1.95. The average Bonchev–Trinajstić information content (AvgIpc) is 3.16. The van der Waals surface area contributed by atoms with Crippen LogP contribution in [0.25, 0.3) is 0 Å². The highest BCUT2D eigenvalue weighted by molar-refractivity contribution is 8.16. The van der Waals surface area contributed by atoms with Gasteiger partial charge < -0.3 is 24.6 Å². The monoisotopic (exact) mass is 486 g/mol. The molecule has 0 saturated carbocycles. The van der Waals surface area contributed by atoms with Gasteiger partial charge >= 0.3 is 5.97 Å². The van der Waals surface area contributed by atoms with Crippen LogP contribution in [0.2, 0.25) is 0 Å². The van der Waals surface area contributed by atoms with E-state index in [1.807, 2.05) is 50.1 Å². The number of aryl methyl sites for hydroxylation is 2. The van der Waals surface area contributed by atoms with Crippen molar-refractivity contribution in [1.82, 2.24) is 15.1 Å². The van der Waals surface area contributed by atoms with Gasteiger partial charge in [-0.25, -0.2) is 9.79 Å². The maximum atomic E-state index is 13.2. The molecule has 2 heterocycles. The van der Waals surface area contributed by atoms with E-state index in [9.17, 15) is 9.59 Å². The Bertz CT molecular complexity index is 1030. The van der Waals surface area contributed by atoms with Crippen molar-refractivity contribution in [1.29, 1.82) is 0 Å². The molecule has 1 N–H and O–H groups in total. The Morgan fingerprint density at radius 3 is 2.68 bits per heavy atom. The molecule has 1 unspecified atom stereocenters. The third-order valence-corrected chi connectivity index (χ3v) is 6.58. The van der Waals surface area contributed by atoms with Crippen LogP contribution in [0.1, 0.15) is 36.1 Å². The second kappa shape index (κ2) is 11.7. The number of rotatable bonds is 10. The molecule has 8 nitrogen and oxygen atoms in total. The number of allylic oxidation sites excluding steroid dienone is 1. The number of nitrogens with zero attached hydrogens (tertiary/aromatic N) is 3. The van der Waals surface area contributed by atoms with Crippen LogP contribution in [0.5, 0.6) is 0 Å². The van der Waals surface area contributed by atoms with E-state index < -0.39 is 12.0 Å². The van der Waals surface area contributed by atoms with E-state index in [-0.39, 0.29) is 18.9 Å². The van der Waals surface area contributed by atoms with E-state index in [1.165, 1.54) is 11.8 Å². The van der Waals surface area contributed by atoms with Crippen molar-refractivity contribution in [2.24, 2.45) is 4.99 Å². The molecule has 184 valence electrons. The number of esters is 1. The highest BCUT2D eigenvalue weighted by atomic mass is 32.2. The van der Waals surface area contributed by atoms with Crippen LogP contribution < -0.4 is 5.32 Å². The molecule has 0 saturated heterocycles. The molecule has 1 atom stereocenters. The number of benzene rings is 1. The lowest BCUT2D eigenvalue weighted by Gasteiger charge is -2.37. The highest BCUT2D eigenvalue weighted by Gasteiger charge is 2.41. The molecule has 0 radical (unpaired) electrons. The van der Waals surface area contributed by atoms with E-state index in [0.29, 0.717) is 24.4 Å². The normalized spacial score (nSPS) is 17.5. The van der Waals surface area contributed by atoms with Gasteiger partial charge in [0.05, 0.1) is 30.3 Å². The minimum atomic E-state index is -0.432. The molecule has 2 aliphatic heterocycles. The second-order valence-corrected chi connectivity index (χ2v) is 9.55. The standard InChI is InChI=1S/C25H34N4O4S/c1-16-7-8-17(2)20(13-16)23-22(24(31)33-12-11-32-6)18(3)27-25-29(23)19(15-34-25)14-21(30)26-9-10-28(4)5/h7-8,13,15,23H,9-12,14H2,1-6H3,(H,26,30). The lowest BCUT2D eigenvalue weighted by molar-refractivity contribution is -0.141. The number of likely N-dealkylation sites (N-methyl/N-ethyl adjacent to an activating group) is 1. The number of amidine groups is 1. The summed E-state index contributed by atoms with van der Waals surface area (Å²) >= 11 is 1.47. The van der Waals surface area contributed by atoms with Gasteiger partial charge in [0.1, 0.15) is 6.61 Å². The first-order valence-electron chi connectivity index (χ1n) is 11.3. The number of thioether (sulfide) groups is 1. The van der Waals surface area contributed by atoms with E-state index in [0.717, 1.165) is 34.1 Å². The molecule has 0 aliphatic carbocycles. The predicted molar refractivity (Wildman–Crippen MR) is 135 cm³/mol. The zero-order valence-corrected chi connectivity index (χ0v) is 21.6. The quantitative estimate of drug-likeness (QED) is 0.402. The first kappa shape index (κ1) is 26.0. The molecule has 1 aromatic carbocycles. The van der Waals surface area contributed by atoms with Crippen LogP contribution in [0, 0.1) is 13.8 Å². The summed E-state index contributed by atoms with van der Waals surface area (Å²) in [6.07, 6.45) is 0.200. The summed E-state index contributed by atoms with van der Waals surface area (Å²) in [6.45, 7) is 7.71. The number of hydrogen-bond donors (Lipinski definition) is 1. The number of methoxy groups -OCH3 is 1. The Kier molecular flexibility index (Phi) is 8.93. The highest BCUT2D eigenvalue weighted by Crippen LogP contribution is 2.45. The maximum absolute atomic E-state index is 13.2. The summed E-state index contributed by atoms with van der Waals surface area (Å²) in [5, 5.41) is 5.68. The van der Waals surface area contributed by atoms with E-state index >= 15 is 0 Å². The lowest BCUT2D eigenvalue weighted by Crippen LogP contribution is -2.39. The molecule has 0 bridgehead atoms. The average molecular weight is 487 g/mol. The van der Waals surface area contributed by atoms with E-state index in [1.54, 1.807) is 7.11 Å². The van der Waals surface area contributed by atoms with Crippen molar-refractivity contribution in [2.75, 3.05) is 47.5 Å². The molecule has 1 aromatic rings. The number of fused-ring (bicyclic) bond motifs is 1. The van der Waals surface area contributed by atoms with Gasteiger partial charge in [-0.3, -0.25) is 4.79 Å². The summed E-state index contributed by atoms with van der Waals surface area (Å²) < 4.78 is 10.6. The fourth-order valence-electron chi connectivity index (χ4n) is 3.92. The van der Waals surface area contributed by atoms with Crippen LogP contribution in [0.3, 0.4) is 0 Å². The fraction of sp³-hybridized carbons (Fsp3) is 0.480. The van der Waals surface area contributed by atoms with Gasteiger partial charge in [-0.15, -0.1) is 0 Å². The van der Waals surface area contributed by atoms with Crippen molar-refractivity contribution >= 4 is 28.8 Å². The number of nitrogens with one attached hydrogen (secondary N) is 1. The summed E-state index contributed by atoms with van der Waals surface area (Å²) in [6, 6.07) is 5.77. The molecular formula is C25H34N4O4S. The van der Waals surface area contributed by atoms with Crippen molar-refractivity contribution in [3.8, 4) is 0 Å². The van der Waals surface area contributed by atoms with Gasteiger partial charge in [0.15, 0.2) is 5.17 Å². The minimum absolute atomic E-state index is 0.0647. The van der Waals surface area contributed by atoms with Crippen LogP contribution in [0.15, 0.2) is 45.6 Å². The smallest absolute Gasteiger partial charge is 0.338 e. The van der Waals surface area contributed by atoms with Crippen LogP contribution >= 0.6 is 11.8 Å². The lowest BCUT2D eigenvalue weighted by atomic mass is 9.90. The maximum Gasteiger partial charge on any atom is 0.338 e. The third-order valence-electron chi connectivity index (χ3n) is 5.69. The number of amides is 1. The zero-order valence-electron chi connectivity index (χ0n) is 20.8. The van der Waals surface area contributed by atoms with Gasteiger partial charge in [-0.05, 0) is 51.4 Å².